The largest absolute Gasteiger partial charge is 0.496 e. The summed E-state index contributed by atoms with van der Waals surface area (Å²) in [4.78, 5) is 28.7. The SMILES string of the molecule is C=C(CC(CC)COC(=O)CCCCCCCC)OCC1CCCN1C(=O)OC1CCN(C)C1. The Labute approximate surface area is 207 Å². The number of rotatable bonds is 16. The molecule has 3 atom stereocenters. The summed E-state index contributed by atoms with van der Waals surface area (Å²) in [5.74, 6) is 0.788. The van der Waals surface area contributed by atoms with Crippen LogP contribution >= 0.6 is 0 Å². The molecule has 1 amide bonds. The summed E-state index contributed by atoms with van der Waals surface area (Å²) in [6.07, 6.45) is 11.6. The zero-order valence-corrected chi connectivity index (χ0v) is 21.9. The molecule has 2 fully saturated rings. The molecule has 0 spiro atoms. The zero-order valence-electron chi connectivity index (χ0n) is 21.9. The first-order valence-electron chi connectivity index (χ1n) is 13.5. The highest BCUT2D eigenvalue weighted by Crippen LogP contribution is 2.23. The lowest BCUT2D eigenvalue weighted by molar-refractivity contribution is -0.145. The van der Waals surface area contributed by atoms with Crippen LogP contribution in [0.4, 0.5) is 4.79 Å². The number of amides is 1. The summed E-state index contributed by atoms with van der Waals surface area (Å²) in [5.41, 5.74) is 0. The van der Waals surface area contributed by atoms with Gasteiger partial charge in [0.2, 0.25) is 0 Å². The van der Waals surface area contributed by atoms with Crippen molar-refractivity contribution in [3.8, 4) is 0 Å². The van der Waals surface area contributed by atoms with Crippen LogP contribution in [0, 0.1) is 5.92 Å². The number of carbonyl (C=O) groups excluding carboxylic acids is 2. The van der Waals surface area contributed by atoms with E-state index in [0.29, 0.717) is 38.4 Å². The maximum atomic E-state index is 12.6. The third-order valence-electron chi connectivity index (χ3n) is 7.02. The van der Waals surface area contributed by atoms with Crippen LogP contribution in [0.1, 0.15) is 90.9 Å². The first-order chi connectivity index (χ1) is 16.4. The third-order valence-corrected chi connectivity index (χ3v) is 7.02. The van der Waals surface area contributed by atoms with Gasteiger partial charge in [-0.3, -0.25) is 4.79 Å². The molecule has 0 radical (unpaired) electrons. The van der Waals surface area contributed by atoms with Crippen molar-refractivity contribution < 1.29 is 23.8 Å². The number of carbonyl (C=O) groups is 2. The molecule has 0 aromatic rings. The highest BCUT2D eigenvalue weighted by molar-refractivity contribution is 5.69. The van der Waals surface area contributed by atoms with Crippen LogP contribution in [0.3, 0.4) is 0 Å². The number of likely N-dealkylation sites (tertiary alicyclic amines) is 2. The van der Waals surface area contributed by atoms with Crippen molar-refractivity contribution in [3.63, 3.8) is 0 Å². The molecular weight excluding hydrogens is 432 g/mol. The van der Waals surface area contributed by atoms with E-state index in [9.17, 15) is 9.59 Å². The number of allylic oxidation sites excluding steroid dienone is 1. The van der Waals surface area contributed by atoms with Crippen molar-refractivity contribution >= 4 is 12.1 Å². The summed E-state index contributed by atoms with van der Waals surface area (Å²) in [6.45, 7) is 11.7. The van der Waals surface area contributed by atoms with E-state index < -0.39 is 0 Å². The molecule has 0 saturated carbocycles. The zero-order chi connectivity index (χ0) is 24.8. The second-order valence-corrected chi connectivity index (χ2v) is 10.1. The van der Waals surface area contributed by atoms with Crippen LogP contribution in [-0.4, -0.2) is 73.9 Å². The lowest BCUT2D eigenvalue weighted by Gasteiger charge is -2.26. The Kier molecular flexibility index (Phi) is 13.4. The van der Waals surface area contributed by atoms with E-state index in [1.54, 1.807) is 0 Å². The fraction of sp³-hybridized carbons (Fsp3) is 0.852. The van der Waals surface area contributed by atoms with Gasteiger partial charge < -0.3 is 24.0 Å². The van der Waals surface area contributed by atoms with Gasteiger partial charge in [-0.2, -0.15) is 0 Å². The summed E-state index contributed by atoms with van der Waals surface area (Å²) in [6, 6.07) is 0.0265. The summed E-state index contributed by atoms with van der Waals surface area (Å²) in [7, 11) is 2.05. The van der Waals surface area contributed by atoms with E-state index in [4.69, 9.17) is 14.2 Å². The van der Waals surface area contributed by atoms with Crippen molar-refractivity contribution in [1.82, 2.24) is 9.80 Å². The van der Waals surface area contributed by atoms with E-state index in [-0.39, 0.29) is 30.1 Å². The lowest BCUT2D eigenvalue weighted by Crippen LogP contribution is -2.40. The molecule has 34 heavy (non-hydrogen) atoms. The molecule has 0 aliphatic carbocycles. The van der Waals surface area contributed by atoms with Crippen molar-refractivity contribution in [2.24, 2.45) is 5.92 Å². The molecule has 2 saturated heterocycles. The molecule has 0 bridgehead atoms. The van der Waals surface area contributed by atoms with Crippen molar-refractivity contribution in [2.45, 2.75) is 103 Å². The summed E-state index contributed by atoms with van der Waals surface area (Å²) in [5, 5.41) is 0. The van der Waals surface area contributed by atoms with Gasteiger partial charge in [0.25, 0.3) is 0 Å². The van der Waals surface area contributed by atoms with Crippen LogP contribution in [0.25, 0.3) is 0 Å². The van der Waals surface area contributed by atoms with Crippen LogP contribution in [0.2, 0.25) is 0 Å². The first kappa shape index (κ1) is 28.5. The van der Waals surface area contributed by atoms with E-state index in [2.05, 4.69) is 25.3 Å². The molecule has 7 heteroatoms. The molecule has 0 aromatic carbocycles. The average Bonchev–Trinajstić information content (AvgIpc) is 3.46. The van der Waals surface area contributed by atoms with Crippen molar-refractivity contribution in [3.05, 3.63) is 12.3 Å². The maximum Gasteiger partial charge on any atom is 0.410 e. The van der Waals surface area contributed by atoms with Gasteiger partial charge in [0, 0.05) is 32.5 Å². The van der Waals surface area contributed by atoms with E-state index in [1.165, 1.54) is 25.7 Å². The fourth-order valence-electron chi connectivity index (χ4n) is 4.70. The third kappa shape index (κ3) is 10.7. The van der Waals surface area contributed by atoms with Gasteiger partial charge in [-0.15, -0.1) is 0 Å². The number of unbranched alkanes of at least 4 members (excludes halogenated alkanes) is 5. The van der Waals surface area contributed by atoms with Crippen LogP contribution in [0.5, 0.6) is 0 Å². The molecule has 2 rings (SSSR count). The van der Waals surface area contributed by atoms with Gasteiger partial charge in [0.1, 0.15) is 12.7 Å². The second-order valence-electron chi connectivity index (χ2n) is 10.1. The van der Waals surface area contributed by atoms with Crippen LogP contribution < -0.4 is 0 Å². The molecule has 2 aliphatic rings. The number of likely N-dealkylation sites (N-methyl/N-ethyl adjacent to an activating group) is 1. The summed E-state index contributed by atoms with van der Waals surface area (Å²) >= 11 is 0. The average molecular weight is 481 g/mol. The van der Waals surface area contributed by atoms with Gasteiger partial charge in [0.15, 0.2) is 0 Å². The molecule has 196 valence electrons. The van der Waals surface area contributed by atoms with Gasteiger partial charge in [-0.25, -0.2) is 4.79 Å². The highest BCUT2D eigenvalue weighted by Gasteiger charge is 2.33. The Bertz CT molecular complexity index is 626. The Morgan fingerprint density at radius 2 is 1.79 bits per heavy atom. The minimum Gasteiger partial charge on any atom is -0.496 e. The number of hydrogen-bond acceptors (Lipinski definition) is 6. The predicted octanol–water partition coefficient (Wildman–Crippen LogP) is 5.53. The molecule has 7 nitrogen and oxygen atoms in total. The Hall–Kier alpha value is -1.76. The minimum absolute atomic E-state index is 0.0104. The normalized spacial score (nSPS) is 21.4. The minimum atomic E-state index is -0.222. The number of esters is 1. The molecule has 0 N–H and O–H groups in total. The summed E-state index contributed by atoms with van der Waals surface area (Å²) < 4.78 is 17.2. The molecule has 2 aliphatic heterocycles. The lowest BCUT2D eigenvalue weighted by atomic mass is 10.0. The second kappa shape index (κ2) is 16.0. The maximum absolute atomic E-state index is 12.6. The Balaban J connectivity index is 1.62. The van der Waals surface area contributed by atoms with Gasteiger partial charge in [-0.1, -0.05) is 52.5 Å². The highest BCUT2D eigenvalue weighted by atomic mass is 16.6. The molecular formula is C27H48N2O5. The quantitative estimate of drug-likeness (QED) is 0.164. The Morgan fingerprint density at radius 1 is 1.03 bits per heavy atom. The molecule has 3 unspecified atom stereocenters. The van der Waals surface area contributed by atoms with Crippen LogP contribution in [0.15, 0.2) is 12.3 Å². The fourth-order valence-corrected chi connectivity index (χ4v) is 4.70. The van der Waals surface area contributed by atoms with E-state index >= 15 is 0 Å². The van der Waals surface area contributed by atoms with Crippen molar-refractivity contribution in [2.75, 3.05) is 39.9 Å². The van der Waals surface area contributed by atoms with Gasteiger partial charge >= 0.3 is 12.1 Å². The number of ether oxygens (including phenoxy) is 3. The first-order valence-corrected chi connectivity index (χ1v) is 13.5. The smallest absolute Gasteiger partial charge is 0.410 e. The molecule has 0 aromatic heterocycles. The number of hydrogen-bond donors (Lipinski definition) is 0. The predicted molar refractivity (Wildman–Crippen MR) is 135 cm³/mol. The van der Waals surface area contributed by atoms with Gasteiger partial charge in [0.05, 0.1) is 18.4 Å². The topological polar surface area (TPSA) is 68.3 Å². The van der Waals surface area contributed by atoms with Crippen LogP contribution in [-0.2, 0) is 19.0 Å². The van der Waals surface area contributed by atoms with Crippen molar-refractivity contribution in [1.29, 1.82) is 0 Å². The standard InChI is InChI=1S/C27H48N2O5/c1-5-7-8-9-10-11-14-26(30)33-20-23(6-2)18-22(3)32-21-24-13-12-16-29(24)27(31)34-25-15-17-28(4)19-25/h23-25H,3,5-21H2,1-2,4H3. The van der Waals surface area contributed by atoms with Gasteiger partial charge in [-0.05, 0) is 45.1 Å². The number of nitrogens with zero attached hydrogens (tertiary/aromatic N) is 2. The Morgan fingerprint density at radius 3 is 2.50 bits per heavy atom. The van der Waals surface area contributed by atoms with E-state index in [0.717, 1.165) is 51.6 Å². The van der Waals surface area contributed by atoms with E-state index in [1.807, 2.05) is 11.9 Å². The molecule has 2 heterocycles. The monoisotopic (exact) mass is 480 g/mol.